The second kappa shape index (κ2) is 8.75. The maximum absolute atomic E-state index is 12.3. The van der Waals surface area contributed by atoms with Gasteiger partial charge in [-0.1, -0.05) is 18.2 Å². The number of carbonyl (C=O) groups is 3. The molecule has 1 aliphatic heterocycles. The van der Waals surface area contributed by atoms with Crippen molar-refractivity contribution in [1.29, 1.82) is 0 Å². The van der Waals surface area contributed by atoms with Crippen molar-refractivity contribution in [2.24, 2.45) is 0 Å². The number of rotatable bonds is 5. The van der Waals surface area contributed by atoms with Crippen LogP contribution in [0.2, 0.25) is 0 Å². The van der Waals surface area contributed by atoms with Crippen LogP contribution in [-0.2, 0) is 23.8 Å². The highest BCUT2D eigenvalue weighted by Gasteiger charge is 2.47. The largest absolute Gasteiger partial charge is 0.464 e. The molecule has 0 aromatic heterocycles. The summed E-state index contributed by atoms with van der Waals surface area (Å²) in [6, 6.07) is 8.98. The zero-order valence-corrected chi connectivity index (χ0v) is 15.2. The Morgan fingerprint density at radius 1 is 1.16 bits per heavy atom. The molecule has 25 heavy (non-hydrogen) atoms. The van der Waals surface area contributed by atoms with E-state index in [0.717, 1.165) is 4.90 Å². The summed E-state index contributed by atoms with van der Waals surface area (Å²) < 4.78 is 15.3. The predicted octanol–water partition coefficient (Wildman–Crippen LogP) is 2.44. The topological polar surface area (TPSA) is 82.1 Å². The molecule has 1 fully saturated rings. The first-order valence-corrected chi connectivity index (χ1v) is 8.69. The number of hydrogen-bond donors (Lipinski definition) is 0. The summed E-state index contributed by atoms with van der Waals surface area (Å²) in [7, 11) is 1.29. The monoisotopic (exact) mass is 367 g/mol. The Morgan fingerprint density at radius 2 is 1.84 bits per heavy atom. The fraction of sp³-hybridized carbons (Fsp3) is 0.471. The van der Waals surface area contributed by atoms with E-state index < -0.39 is 30.2 Å². The van der Waals surface area contributed by atoms with Crippen LogP contribution in [0, 0.1) is 0 Å². The SMILES string of the molecule is COC(=O)N1[C@H](Sc2ccccc2)C[C@@H](OC(C)=O)[C@@H]1COC(C)=O. The number of benzene rings is 1. The summed E-state index contributed by atoms with van der Waals surface area (Å²) in [5.74, 6) is -0.918. The Bertz CT molecular complexity index is 623. The first kappa shape index (κ1) is 19.1. The lowest BCUT2D eigenvalue weighted by Crippen LogP contribution is -2.46. The Balaban J connectivity index is 2.25. The van der Waals surface area contributed by atoms with E-state index in [9.17, 15) is 14.4 Å². The number of amides is 1. The second-order valence-corrected chi connectivity index (χ2v) is 6.77. The lowest BCUT2D eigenvalue weighted by Gasteiger charge is -2.29. The third kappa shape index (κ3) is 5.12. The Kier molecular flexibility index (Phi) is 6.69. The molecule has 2 rings (SSSR count). The highest BCUT2D eigenvalue weighted by molar-refractivity contribution is 8.00. The van der Waals surface area contributed by atoms with Crippen LogP contribution in [0.5, 0.6) is 0 Å². The summed E-state index contributed by atoms with van der Waals surface area (Å²) in [5, 5.41) is -0.306. The standard InChI is InChI=1S/C17H21NO6S/c1-11(19)23-10-14-15(24-12(2)20)9-16(18(14)17(21)22-3)25-13-7-5-4-6-8-13/h4-8,14-16H,9-10H2,1-3H3/t14-,15+,16+/m0/s1. The quantitative estimate of drug-likeness (QED) is 0.584. The van der Waals surface area contributed by atoms with Crippen LogP contribution in [0.3, 0.4) is 0 Å². The van der Waals surface area contributed by atoms with Crippen LogP contribution >= 0.6 is 11.8 Å². The summed E-state index contributed by atoms with van der Waals surface area (Å²) in [6.45, 7) is 2.53. The van der Waals surface area contributed by atoms with E-state index in [1.165, 1.54) is 37.6 Å². The van der Waals surface area contributed by atoms with Crippen LogP contribution in [0.1, 0.15) is 20.3 Å². The van der Waals surface area contributed by atoms with Gasteiger partial charge in [-0.15, -0.1) is 11.8 Å². The van der Waals surface area contributed by atoms with Gasteiger partial charge >= 0.3 is 18.0 Å². The average Bonchev–Trinajstić information content (AvgIpc) is 2.89. The molecule has 0 radical (unpaired) electrons. The minimum atomic E-state index is -0.596. The fourth-order valence-electron chi connectivity index (χ4n) is 2.71. The molecule has 1 aromatic rings. The van der Waals surface area contributed by atoms with Gasteiger partial charge in [0.25, 0.3) is 0 Å². The zero-order valence-electron chi connectivity index (χ0n) is 14.3. The molecule has 1 amide bonds. The van der Waals surface area contributed by atoms with Crippen LogP contribution in [0.4, 0.5) is 4.79 Å². The van der Waals surface area contributed by atoms with Gasteiger partial charge < -0.3 is 14.2 Å². The maximum Gasteiger partial charge on any atom is 0.410 e. The Morgan fingerprint density at radius 3 is 2.40 bits per heavy atom. The van der Waals surface area contributed by atoms with Gasteiger partial charge in [0.05, 0.1) is 12.5 Å². The number of esters is 2. The van der Waals surface area contributed by atoms with Crippen LogP contribution in [-0.4, -0.2) is 54.2 Å². The van der Waals surface area contributed by atoms with E-state index in [0.29, 0.717) is 6.42 Å². The molecule has 1 heterocycles. The molecule has 1 saturated heterocycles. The van der Waals surface area contributed by atoms with Crippen LogP contribution < -0.4 is 0 Å². The molecule has 0 N–H and O–H groups in total. The number of hydrogen-bond acceptors (Lipinski definition) is 7. The van der Waals surface area contributed by atoms with Gasteiger partial charge in [0, 0.05) is 25.2 Å². The molecule has 0 saturated carbocycles. The minimum absolute atomic E-state index is 0.0613. The molecule has 3 atom stereocenters. The number of thioether (sulfide) groups is 1. The molecular formula is C17H21NO6S. The zero-order chi connectivity index (χ0) is 18.4. The van der Waals surface area contributed by atoms with Crippen molar-refractivity contribution in [3.05, 3.63) is 30.3 Å². The third-order valence-corrected chi connectivity index (χ3v) is 4.94. The lowest BCUT2D eigenvalue weighted by atomic mass is 10.2. The van der Waals surface area contributed by atoms with E-state index in [-0.39, 0.29) is 12.0 Å². The summed E-state index contributed by atoms with van der Waals surface area (Å²) in [4.78, 5) is 37.4. The molecule has 8 heteroatoms. The normalized spacial score (nSPS) is 22.4. The van der Waals surface area contributed by atoms with E-state index in [4.69, 9.17) is 14.2 Å². The van der Waals surface area contributed by atoms with Crippen molar-refractivity contribution >= 4 is 29.8 Å². The van der Waals surface area contributed by atoms with Crippen LogP contribution in [0.15, 0.2) is 35.2 Å². The van der Waals surface area contributed by atoms with Crippen molar-refractivity contribution in [2.75, 3.05) is 13.7 Å². The molecule has 0 bridgehead atoms. The van der Waals surface area contributed by atoms with Crippen molar-refractivity contribution in [1.82, 2.24) is 4.90 Å². The van der Waals surface area contributed by atoms with Gasteiger partial charge in [0.2, 0.25) is 0 Å². The van der Waals surface area contributed by atoms with E-state index in [2.05, 4.69) is 0 Å². The van der Waals surface area contributed by atoms with Crippen LogP contribution in [0.25, 0.3) is 0 Å². The summed E-state index contributed by atoms with van der Waals surface area (Å²) in [6.07, 6.45) is -0.711. The summed E-state index contributed by atoms with van der Waals surface area (Å²) >= 11 is 1.47. The highest BCUT2D eigenvalue weighted by atomic mass is 32.2. The maximum atomic E-state index is 12.3. The smallest absolute Gasteiger partial charge is 0.410 e. The van der Waals surface area contributed by atoms with E-state index in [1.54, 1.807) is 0 Å². The second-order valence-electron chi connectivity index (χ2n) is 5.52. The first-order valence-electron chi connectivity index (χ1n) is 7.81. The number of nitrogens with zero attached hydrogens (tertiary/aromatic N) is 1. The lowest BCUT2D eigenvalue weighted by molar-refractivity contribution is -0.150. The van der Waals surface area contributed by atoms with Gasteiger partial charge in [0.15, 0.2) is 0 Å². The molecule has 0 spiro atoms. The van der Waals surface area contributed by atoms with Crippen molar-refractivity contribution in [3.8, 4) is 0 Å². The van der Waals surface area contributed by atoms with Gasteiger partial charge in [-0.3, -0.25) is 14.5 Å². The number of likely N-dealkylation sites (tertiary alicyclic amines) is 1. The Labute approximate surface area is 150 Å². The minimum Gasteiger partial charge on any atom is -0.464 e. The average molecular weight is 367 g/mol. The number of ether oxygens (including phenoxy) is 3. The number of carbonyl (C=O) groups excluding carboxylic acids is 3. The van der Waals surface area contributed by atoms with Gasteiger partial charge in [-0.05, 0) is 12.1 Å². The number of methoxy groups -OCH3 is 1. The van der Waals surface area contributed by atoms with Gasteiger partial charge in [-0.2, -0.15) is 0 Å². The summed E-state index contributed by atoms with van der Waals surface area (Å²) in [5.41, 5.74) is 0. The molecule has 0 unspecified atom stereocenters. The molecule has 0 aliphatic carbocycles. The van der Waals surface area contributed by atoms with Crippen molar-refractivity contribution in [2.45, 2.75) is 42.7 Å². The first-order chi connectivity index (χ1) is 11.9. The fourth-order valence-corrected chi connectivity index (χ4v) is 3.98. The van der Waals surface area contributed by atoms with E-state index in [1.807, 2.05) is 30.3 Å². The molecular weight excluding hydrogens is 346 g/mol. The van der Waals surface area contributed by atoms with Crippen molar-refractivity contribution < 1.29 is 28.6 Å². The Hall–Kier alpha value is -2.22. The van der Waals surface area contributed by atoms with Gasteiger partial charge in [0.1, 0.15) is 18.8 Å². The highest BCUT2D eigenvalue weighted by Crippen LogP contribution is 2.38. The van der Waals surface area contributed by atoms with Gasteiger partial charge in [-0.25, -0.2) is 4.79 Å². The molecule has 1 aromatic carbocycles. The predicted molar refractivity (Wildman–Crippen MR) is 90.9 cm³/mol. The van der Waals surface area contributed by atoms with E-state index >= 15 is 0 Å². The molecule has 7 nitrogen and oxygen atoms in total. The molecule has 136 valence electrons. The third-order valence-electron chi connectivity index (χ3n) is 3.71. The molecule has 1 aliphatic rings. The van der Waals surface area contributed by atoms with Crippen molar-refractivity contribution in [3.63, 3.8) is 0 Å².